The molecule has 2 unspecified atom stereocenters. The van der Waals surface area contributed by atoms with Crippen molar-refractivity contribution in [3.05, 3.63) is 0 Å². The van der Waals surface area contributed by atoms with Crippen molar-refractivity contribution in [2.24, 2.45) is 11.7 Å². The lowest BCUT2D eigenvalue weighted by atomic mass is 10.00. The quantitative estimate of drug-likeness (QED) is 0.668. The molecule has 4 nitrogen and oxygen atoms in total. The van der Waals surface area contributed by atoms with Crippen molar-refractivity contribution in [3.8, 4) is 0 Å². The van der Waals surface area contributed by atoms with Crippen molar-refractivity contribution < 1.29 is 14.3 Å². The molecule has 1 rings (SSSR count). The third kappa shape index (κ3) is 3.27. The zero-order valence-corrected chi connectivity index (χ0v) is 9.08. The molecular formula is C10H19NO3. The van der Waals surface area contributed by atoms with E-state index in [2.05, 4.69) is 0 Å². The molecule has 1 saturated heterocycles. The summed E-state index contributed by atoms with van der Waals surface area (Å²) in [5.41, 5.74) is 5.31. The molecule has 0 aromatic carbocycles. The van der Waals surface area contributed by atoms with Gasteiger partial charge in [-0.15, -0.1) is 0 Å². The number of hydrogen-bond acceptors (Lipinski definition) is 4. The molecule has 0 amide bonds. The number of nitrogens with two attached hydrogens (primary N) is 1. The van der Waals surface area contributed by atoms with Crippen LogP contribution in [-0.4, -0.2) is 30.8 Å². The molecular weight excluding hydrogens is 182 g/mol. The van der Waals surface area contributed by atoms with Gasteiger partial charge in [-0.05, 0) is 27.2 Å². The van der Waals surface area contributed by atoms with E-state index in [1.54, 1.807) is 0 Å². The summed E-state index contributed by atoms with van der Waals surface area (Å²) in [7, 11) is 0. The molecule has 4 heteroatoms. The minimum Gasteiger partial charge on any atom is -0.459 e. The summed E-state index contributed by atoms with van der Waals surface area (Å²) in [6.07, 6.45) is 0.848. The number of ether oxygens (including phenoxy) is 2. The Bertz CT molecular complexity index is 204. The minimum absolute atomic E-state index is 0.116. The summed E-state index contributed by atoms with van der Waals surface area (Å²) in [5.74, 6) is -0.210. The van der Waals surface area contributed by atoms with Crippen LogP contribution in [0.3, 0.4) is 0 Å². The Hall–Kier alpha value is -0.610. The highest BCUT2D eigenvalue weighted by atomic mass is 16.6. The second-order valence-electron chi connectivity index (χ2n) is 4.68. The third-order valence-electron chi connectivity index (χ3n) is 2.15. The van der Waals surface area contributed by atoms with E-state index in [-0.39, 0.29) is 11.9 Å². The highest BCUT2D eigenvalue weighted by Crippen LogP contribution is 2.18. The van der Waals surface area contributed by atoms with Gasteiger partial charge in [0.05, 0.1) is 6.61 Å². The summed E-state index contributed by atoms with van der Waals surface area (Å²) in [6, 6.07) is -0.545. The first-order chi connectivity index (χ1) is 6.40. The molecule has 0 aromatic heterocycles. The van der Waals surface area contributed by atoms with Gasteiger partial charge in [0.15, 0.2) is 0 Å². The fraction of sp³-hybridized carbons (Fsp3) is 0.900. The molecule has 82 valence electrons. The molecule has 1 aliphatic heterocycles. The van der Waals surface area contributed by atoms with Crippen molar-refractivity contribution in [2.45, 2.75) is 38.8 Å². The van der Waals surface area contributed by atoms with Crippen molar-refractivity contribution in [3.63, 3.8) is 0 Å². The van der Waals surface area contributed by atoms with Gasteiger partial charge in [-0.1, -0.05) is 0 Å². The van der Waals surface area contributed by atoms with Gasteiger partial charge in [0.2, 0.25) is 0 Å². The maximum atomic E-state index is 11.5. The van der Waals surface area contributed by atoms with Crippen LogP contribution in [0.5, 0.6) is 0 Å². The number of carbonyl (C=O) groups excluding carboxylic acids is 1. The molecule has 1 heterocycles. The highest BCUT2D eigenvalue weighted by molar-refractivity contribution is 5.76. The Morgan fingerprint density at radius 2 is 2.21 bits per heavy atom. The molecule has 14 heavy (non-hydrogen) atoms. The normalized spacial score (nSPS) is 24.7. The van der Waals surface area contributed by atoms with E-state index in [9.17, 15) is 4.79 Å². The van der Waals surface area contributed by atoms with Crippen molar-refractivity contribution in [1.29, 1.82) is 0 Å². The summed E-state index contributed by atoms with van der Waals surface area (Å²) in [6.45, 7) is 6.77. The maximum Gasteiger partial charge on any atom is 0.323 e. The predicted octanol–water partition coefficient (Wildman–Crippen LogP) is 0.692. The Morgan fingerprint density at radius 3 is 2.64 bits per heavy atom. The lowest BCUT2D eigenvalue weighted by Crippen LogP contribution is -2.42. The van der Waals surface area contributed by atoms with E-state index >= 15 is 0 Å². The standard InChI is InChI=1S/C10H19NO3/c1-10(2,3)14-9(12)8(11)7-4-5-13-6-7/h7-8H,4-6,11H2,1-3H3. The molecule has 1 fully saturated rings. The van der Waals surface area contributed by atoms with Gasteiger partial charge in [-0.3, -0.25) is 4.79 Å². The highest BCUT2D eigenvalue weighted by Gasteiger charge is 2.31. The smallest absolute Gasteiger partial charge is 0.323 e. The summed E-state index contributed by atoms with van der Waals surface area (Å²) < 4.78 is 10.4. The van der Waals surface area contributed by atoms with Crippen LogP contribution < -0.4 is 5.73 Å². The molecule has 0 bridgehead atoms. The van der Waals surface area contributed by atoms with Crippen LogP contribution in [0.15, 0.2) is 0 Å². The average Bonchev–Trinajstić information content (AvgIpc) is 2.51. The van der Waals surface area contributed by atoms with Crippen LogP contribution in [0, 0.1) is 5.92 Å². The number of hydrogen-bond donors (Lipinski definition) is 1. The molecule has 0 aliphatic carbocycles. The minimum atomic E-state index is -0.545. The fourth-order valence-electron chi connectivity index (χ4n) is 1.40. The lowest BCUT2D eigenvalue weighted by molar-refractivity contribution is -0.157. The van der Waals surface area contributed by atoms with Gasteiger partial charge in [0.25, 0.3) is 0 Å². The Kier molecular flexibility index (Phi) is 3.50. The van der Waals surface area contributed by atoms with Gasteiger partial charge < -0.3 is 15.2 Å². The monoisotopic (exact) mass is 201 g/mol. The first kappa shape index (κ1) is 11.5. The number of carbonyl (C=O) groups is 1. The van der Waals surface area contributed by atoms with Gasteiger partial charge in [0.1, 0.15) is 11.6 Å². The molecule has 0 radical (unpaired) electrons. The molecule has 0 spiro atoms. The van der Waals surface area contributed by atoms with Crippen LogP contribution in [0.2, 0.25) is 0 Å². The van der Waals surface area contributed by atoms with Gasteiger partial charge >= 0.3 is 5.97 Å². The largest absolute Gasteiger partial charge is 0.459 e. The van der Waals surface area contributed by atoms with Gasteiger partial charge in [-0.25, -0.2) is 0 Å². The maximum absolute atomic E-state index is 11.5. The zero-order valence-electron chi connectivity index (χ0n) is 9.08. The second kappa shape index (κ2) is 4.28. The van der Waals surface area contributed by atoms with Crippen LogP contribution in [0.4, 0.5) is 0 Å². The van der Waals surface area contributed by atoms with Crippen molar-refractivity contribution >= 4 is 5.97 Å². The number of rotatable bonds is 2. The van der Waals surface area contributed by atoms with E-state index in [1.165, 1.54) is 0 Å². The molecule has 2 N–H and O–H groups in total. The van der Waals surface area contributed by atoms with E-state index in [0.717, 1.165) is 6.42 Å². The Morgan fingerprint density at radius 1 is 1.57 bits per heavy atom. The molecule has 2 atom stereocenters. The topological polar surface area (TPSA) is 61.5 Å². The van der Waals surface area contributed by atoms with Crippen molar-refractivity contribution in [2.75, 3.05) is 13.2 Å². The average molecular weight is 201 g/mol. The predicted molar refractivity (Wildman–Crippen MR) is 52.7 cm³/mol. The Labute approximate surface area is 84.7 Å². The van der Waals surface area contributed by atoms with Crippen LogP contribution in [-0.2, 0) is 14.3 Å². The number of esters is 1. The van der Waals surface area contributed by atoms with E-state index in [1.807, 2.05) is 20.8 Å². The molecule has 0 aromatic rings. The summed E-state index contributed by atoms with van der Waals surface area (Å²) >= 11 is 0. The van der Waals surface area contributed by atoms with E-state index in [0.29, 0.717) is 13.2 Å². The first-order valence-electron chi connectivity index (χ1n) is 4.96. The van der Waals surface area contributed by atoms with Crippen molar-refractivity contribution in [1.82, 2.24) is 0 Å². The fourth-order valence-corrected chi connectivity index (χ4v) is 1.40. The van der Waals surface area contributed by atoms with Crippen LogP contribution in [0.1, 0.15) is 27.2 Å². The zero-order chi connectivity index (χ0) is 10.8. The Balaban J connectivity index is 2.43. The third-order valence-corrected chi connectivity index (χ3v) is 2.15. The van der Waals surface area contributed by atoms with E-state index in [4.69, 9.17) is 15.2 Å². The lowest BCUT2D eigenvalue weighted by Gasteiger charge is -2.24. The van der Waals surface area contributed by atoms with Gasteiger partial charge in [0, 0.05) is 12.5 Å². The molecule has 1 aliphatic rings. The summed E-state index contributed by atoms with van der Waals surface area (Å²) in [5, 5.41) is 0. The van der Waals surface area contributed by atoms with E-state index < -0.39 is 11.6 Å². The van der Waals surface area contributed by atoms with Crippen LogP contribution in [0.25, 0.3) is 0 Å². The second-order valence-corrected chi connectivity index (χ2v) is 4.68. The summed E-state index contributed by atoms with van der Waals surface area (Å²) in [4.78, 5) is 11.5. The SMILES string of the molecule is CC(C)(C)OC(=O)C(N)C1CCOC1. The molecule has 0 saturated carbocycles. The van der Waals surface area contributed by atoms with Crippen LogP contribution >= 0.6 is 0 Å². The first-order valence-corrected chi connectivity index (χ1v) is 4.96. The van der Waals surface area contributed by atoms with Gasteiger partial charge in [-0.2, -0.15) is 0 Å².